The van der Waals surface area contributed by atoms with Gasteiger partial charge in [-0.15, -0.1) is 0 Å². The van der Waals surface area contributed by atoms with Crippen LogP contribution in [0, 0.1) is 0 Å². The zero-order valence-corrected chi connectivity index (χ0v) is 20.5. The van der Waals surface area contributed by atoms with Gasteiger partial charge in [0.1, 0.15) is 0 Å². The molecule has 0 N–H and O–H groups in total. The summed E-state index contributed by atoms with van der Waals surface area (Å²) in [6.07, 6.45) is 0. The summed E-state index contributed by atoms with van der Waals surface area (Å²) in [6, 6.07) is 0. The van der Waals surface area contributed by atoms with Crippen LogP contribution in [0.5, 0.6) is 0 Å². The lowest BCUT2D eigenvalue weighted by atomic mass is 10.7. The minimum Gasteiger partial charge on any atom is -0.525 e. The van der Waals surface area contributed by atoms with E-state index in [1.807, 2.05) is 66.2 Å². The van der Waals surface area contributed by atoms with Gasteiger partial charge in [-0.05, 0) is 66.2 Å². The summed E-state index contributed by atoms with van der Waals surface area (Å²) in [7, 11) is -9.44. The Morgan fingerprint density at radius 3 is 0.957 bits per heavy atom. The lowest BCUT2D eigenvalue weighted by molar-refractivity contribution is 0.254. The maximum Gasteiger partial charge on any atom is 0.383 e. The third-order valence-corrected chi connectivity index (χ3v) is 15.8. The van der Waals surface area contributed by atoms with Crippen LogP contribution in [0.2, 0.25) is 52.4 Å². The van der Waals surface area contributed by atoms with Crippen LogP contribution in [0.25, 0.3) is 0 Å². The van der Waals surface area contributed by atoms with Crippen molar-refractivity contribution < 1.29 is 21.2 Å². The van der Waals surface area contributed by atoms with Crippen LogP contribution in [0.3, 0.4) is 0 Å². The van der Waals surface area contributed by atoms with E-state index in [0.717, 1.165) is 0 Å². The summed E-state index contributed by atoms with van der Waals surface area (Å²) in [5.74, 6) is 1.34. The fourth-order valence-electron chi connectivity index (χ4n) is 2.70. The lowest BCUT2D eigenvalue weighted by Gasteiger charge is -2.40. The SMILES string of the molecule is C=C(C)O[Si](C)(C)O[Si](C)(C)O[Si](C)(C)O[Si](C)(C)OC(=C)C. The molecule has 0 aliphatic rings. The van der Waals surface area contributed by atoms with Crippen molar-refractivity contribution in [2.75, 3.05) is 0 Å². The first kappa shape index (κ1) is 22.8. The molecule has 5 nitrogen and oxygen atoms in total. The van der Waals surface area contributed by atoms with E-state index in [2.05, 4.69) is 13.2 Å². The smallest absolute Gasteiger partial charge is 0.383 e. The van der Waals surface area contributed by atoms with Gasteiger partial charge in [0.2, 0.25) is 0 Å². The summed E-state index contributed by atoms with van der Waals surface area (Å²) in [5, 5.41) is 0. The standard InChI is InChI=1S/C14H34O5Si4/c1-13(2)15-20(5,6)17-22(9,10)19-23(11,12)18-21(7,8)16-14(3)4/h1,3H2,2,4-12H3. The molecule has 0 saturated heterocycles. The van der Waals surface area contributed by atoms with Gasteiger partial charge in [0.15, 0.2) is 0 Å². The first-order valence-electron chi connectivity index (χ1n) is 7.75. The number of hydrogen-bond donors (Lipinski definition) is 0. The highest BCUT2D eigenvalue weighted by atomic mass is 28.5. The predicted octanol–water partition coefficient (Wildman–Crippen LogP) is 4.94. The first-order valence-corrected chi connectivity index (χ1v) is 19.0. The minimum atomic E-state index is -2.40. The van der Waals surface area contributed by atoms with Crippen molar-refractivity contribution in [3.63, 3.8) is 0 Å². The van der Waals surface area contributed by atoms with Crippen molar-refractivity contribution in [1.29, 1.82) is 0 Å². The monoisotopic (exact) mass is 394 g/mol. The van der Waals surface area contributed by atoms with Crippen LogP contribution < -0.4 is 0 Å². The summed E-state index contributed by atoms with van der Waals surface area (Å²) >= 11 is 0. The van der Waals surface area contributed by atoms with Crippen molar-refractivity contribution in [3.8, 4) is 0 Å². The first-order chi connectivity index (χ1) is 9.95. The largest absolute Gasteiger partial charge is 0.525 e. The molecule has 0 aliphatic carbocycles. The van der Waals surface area contributed by atoms with E-state index in [4.69, 9.17) is 21.2 Å². The van der Waals surface area contributed by atoms with E-state index in [1.54, 1.807) is 0 Å². The van der Waals surface area contributed by atoms with Gasteiger partial charge in [-0.25, -0.2) is 0 Å². The quantitative estimate of drug-likeness (QED) is 0.388. The van der Waals surface area contributed by atoms with E-state index >= 15 is 0 Å². The fourth-order valence-corrected chi connectivity index (χ4v) is 20.0. The molecular formula is C14H34O5Si4. The van der Waals surface area contributed by atoms with Crippen LogP contribution in [-0.4, -0.2) is 34.2 Å². The van der Waals surface area contributed by atoms with Crippen molar-refractivity contribution in [2.45, 2.75) is 66.2 Å². The highest BCUT2D eigenvalue weighted by molar-refractivity contribution is 6.87. The topological polar surface area (TPSA) is 46.2 Å². The van der Waals surface area contributed by atoms with E-state index in [1.165, 1.54) is 0 Å². The van der Waals surface area contributed by atoms with Crippen LogP contribution in [0.1, 0.15) is 13.8 Å². The number of rotatable bonds is 10. The van der Waals surface area contributed by atoms with E-state index in [-0.39, 0.29) is 0 Å². The number of hydrogen-bond acceptors (Lipinski definition) is 5. The third-order valence-electron chi connectivity index (χ3n) is 2.31. The van der Waals surface area contributed by atoms with Crippen molar-refractivity contribution in [2.24, 2.45) is 0 Å². The van der Waals surface area contributed by atoms with Gasteiger partial charge in [0.05, 0.1) is 11.5 Å². The molecule has 0 amide bonds. The average molecular weight is 395 g/mol. The molecule has 0 aromatic carbocycles. The Morgan fingerprint density at radius 2 is 0.739 bits per heavy atom. The minimum absolute atomic E-state index is 0.669. The van der Waals surface area contributed by atoms with E-state index in [0.29, 0.717) is 11.5 Å². The summed E-state index contributed by atoms with van der Waals surface area (Å²) in [5.41, 5.74) is 0. The van der Waals surface area contributed by atoms with Gasteiger partial charge < -0.3 is 21.2 Å². The molecule has 0 radical (unpaired) electrons. The molecule has 0 aliphatic heterocycles. The Kier molecular flexibility index (Phi) is 7.75. The van der Waals surface area contributed by atoms with Crippen LogP contribution in [0.4, 0.5) is 0 Å². The third kappa shape index (κ3) is 11.1. The Hall–Kier alpha value is -0.172. The average Bonchev–Trinajstić information content (AvgIpc) is 2.02. The van der Waals surface area contributed by atoms with Crippen molar-refractivity contribution in [1.82, 2.24) is 0 Å². The summed E-state index contributed by atoms with van der Waals surface area (Å²) in [6.45, 7) is 27.3. The Balaban J connectivity index is 4.92. The second-order valence-corrected chi connectivity index (χ2v) is 21.6. The molecule has 0 heterocycles. The van der Waals surface area contributed by atoms with Crippen LogP contribution in [0.15, 0.2) is 24.7 Å². The van der Waals surface area contributed by atoms with Crippen LogP contribution >= 0.6 is 0 Å². The molecule has 0 atom stereocenters. The zero-order valence-electron chi connectivity index (χ0n) is 16.5. The molecule has 0 spiro atoms. The van der Waals surface area contributed by atoms with E-state index in [9.17, 15) is 0 Å². The molecule has 0 aromatic heterocycles. The molecule has 0 rings (SSSR count). The van der Waals surface area contributed by atoms with E-state index < -0.39 is 34.2 Å². The predicted molar refractivity (Wildman–Crippen MR) is 105 cm³/mol. The zero-order chi connectivity index (χ0) is 18.7. The highest BCUT2D eigenvalue weighted by Gasteiger charge is 2.45. The van der Waals surface area contributed by atoms with Gasteiger partial charge in [-0.2, -0.15) is 0 Å². The second-order valence-electron chi connectivity index (χ2n) is 7.51. The van der Waals surface area contributed by atoms with Crippen molar-refractivity contribution >= 4 is 34.2 Å². The molecule has 23 heavy (non-hydrogen) atoms. The molecule has 136 valence electrons. The van der Waals surface area contributed by atoms with Crippen LogP contribution in [-0.2, 0) is 21.2 Å². The van der Waals surface area contributed by atoms with Gasteiger partial charge in [0.25, 0.3) is 0 Å². The van der Waals surface area contributed by atoms with Gasteiger partial charge >= 0.3 is 34.2 Å². The Labute approximate surface area is 146 Å². The molecule has 0 saturated carbocycles. The fraction of sp³-hybridized carbons (Fsp3) is 0.714. The summed E-state index contributed by atoms with van der Waals surface area (Å²) in [4.78, 5) is 0. The molecule has 9 heteroatoms. The normalized spacial score (nSPS) is 13.7. The molecule has 0 aromatic rings. The van der Waals surface area contributed by atoms with Gasteiger partial charge in [-0.1, -0.05) is 13.2 Å². The molecular weight excluding hydrogens is 360 g/mol. The number of allylic oxidation sites excluding steroid dienone is 2. The second kappa shape index (κ2) is 7.81. The molecule has 0 bridgehead atoms. The maximum atomic E-state index is 6.34. The Bertz CT molecular complexity index is 406. The molecule has 0 unspecified atom stereocenters. The highest BCUT2D eigenvalue weighted by Crippen LogP contribution is 2.25. The van der Waals surface area contributed by atoms with Crippen molar-refractivity contribution in [3.05, 3.63) is 24.7 Å². The molecule has 0 fully saturated rings. The van der Waals surface area contributed by atoms with Gasteiger partial charge in [-0.3, -0.25) is 0 Å². The maximum absolute atomic E-state index is 6.34. The Morgan fingerprint density at radius 1 is 0.522 bits per heavy atom. The summed E-state index contributed by atoms with van der Waals surface area (Å²) < 4.78 is 30.4. The van der Waals surface area contributed by atoms with Gasteiger partial charge in [0, 0.05) is 0 Å². The lowest BCUT2D eigenvalue weighted by Crippen LogP contribution is -2.57.